The highest BCUT2D eigenvalue weighted by atomic mass is 16.5. The summed E-state index contributed by atoms with van der Waals surface area (Å²) in [5.41, 5.74) is 8.62. The van der Waals surface area contributed by atoms with E-state index < -0.39 is 0 Å². The number of benzene rings is 1. The minimum atomic E-state index is -0.315. The van der Waals surface area contributed by atoms with Crippen molar-refractivity contribution >= 4 is 0 Å². The van der Waals surface area contributed by atoms with Gasteiger partial charge in [-0.15, -0.1) is 0 Å². The van der Waals surface area contributed by atoms with Crippen LogP contribution in [0.1, 0.15) is 67.4 Å². The summed E-state index contributed by atoms with van der Waals surface area (Å²) in [6.45, 7) is 4.04. The first-order valence-electron chi connectivity index (χ1n) is 6.84. The summed E-state index contributed by atoms with van der Waals surface area (Å²) in [5, 5.41) is 3.97. The molecule has 1 unspecified atom stereocenters. The molecule has 0 saturated heterocycles. The molecule has 1 atom stereocenters. The van der Waals surface area contributed by atoms with Crippen LogP contribution in [0, 0.1) is 0 Å². The molecule has 0 aliphatic heterocycles. The third kappa shape index (κ3) is 2.54. The largest absolute Gasteiger partial charge is 0.339 e. The van der Waals surface area contributed by atoms with Gasteiger partial charge in [0, 0.05) is 5.92 Å². The molecule has 0 bridgehead atoms. The summed E-state index contributed by atoms with van der Waals surface area (Å²) < 4.78 is 5.20. The minimum absolute atomic E-state index is 0.227. The van der Waals surface area contributed by atoms with Crippen LogP contribution in [0.15, 0.2) is 28.8 Å². The van der Waals surface area contributed by atoms with Gasteiger partial charge in [0.15, 0.2) is 5.82 Å². The van der Waals surface area contributed by atoms with Crippen LogP contribution in [0.2, 0.25) is 0 Å². The SMILES string of the molecule is CC(C)c1nc(C(N)c2ccc(C3CC3)cc2)no1. The van der Waals surface area contributed by atoms with Crippen LogP contribution < -0.4 is 5.73 Å². The van der Waals surface area contributed by atoms with Gasteiger partial charge >= 0.3 is 0 Å². The van der Waals surface area contributed by atoms with Crippen LogP contribution in [0.5, 0.6) is 0 Å². The summed E-state index contributed by atoms with van der Waals surface area (Å²) in [7, 11) is 0. The van der Waals surface area contributed by atoms with Crippen molar-refractivity contribution in [3.8, 4) is 0 Å². The van der Waals surface area contributed by atoms with E-state index in [0.717, 1.165) is 11.5 Å². The fourth-order valence-electron chi connectivity index (χ4n) is 2.15. The van der Waals surface area contributed by atoms with Crippen molar-refractivity contribution in [2.75, 3.05) is 0 Å². The normalized spacial score (nSPS) is 16.8. The fraction of sp³-hybridized carbons (Fsp3) is 0.467. The standard InChI is InChI=1S/C15H19N3O/c1-9(2)15-17-14(18-19-15)13(16)12-7-5-11(6-8-12)10-3-4-10/h5-10,13H,3-4,16H2,1-2H3. The molecule has 1 aliphatic rings. The van der Waals surface area contributed by atoms with Crippen molar-refractivity contribution in [1.82, 2.24) is 10.1 Å². The molecular formula is C15H19N3O. The molecule has 3 rings (SSSR count). The van der Waals surface area contributed by atoms with Gasteiger partial charge in [-0.2, -0.15) is 4.98 Å². The third-order valence-electron chi connectivity index (χ3n) is 3.57. The quantitative estimate of drug-likeness (QED) is 0.914. The van der Waals surface area contributed by atoms with Crippen molar-refractivity contribution in [2.24, 2.45) is 5.73 Å². The summed E-state index contributed by atoms with van der Waals surface area (Å²) in [4.78, 5) is 4.35. The van der Waals surface area contributed by atoms with Crippen molar-refractivity contribution in [1.29, 1.82) is 0 Å². The lowest BCUT2D eigenvalue weighted by molar-refractivity contribution is 0.359. The van der Waals surface area contributed by atoms with Gasteiger partial charge in [0.05, 0.1) is 6.04 Å². The molecule has 1 aliphatic carbocycles. The molecule has 4 nitrogen and oxygen atoms in total. The number of hydrogen-bond donors (Lipinski definition) is 1. The number of hydrogen-bond acceptors (Lipinski definition) is 4. The zero-order chi connectivity index (χ0) is 13.4. The Labute approximate surface area is 113 Å². The molecule has 0 radical (unpaired) electrons. The van der Waals surface area contributed by atoms with Gasteiger partial charge in [0.1, 0.15) is 0 Å². The summed E-state index contributed by atoms with van der Waals surface area (Å²) in [6.07, 6.45) is 2.63. The summed E-state index contributed by atoms with van der Waals surface area (Å²) in [6, 6.07) is 8.16. The monoisotopic (exact) mass is 257 g/mol. The minimum Gasteiger partial charge on any atom is -0.339 e. The van der Waals surface area contributed by atoms with E-state index >= 15 is 0 Å². The summed E-state index contributed by atoms with van der Waals surface area (Å²) >= 11 is 0. The molecule has 2 N–H and O–H groups in total. The van der Waals surface area contributed by atoms with Gasteiger partial charge < -0.3 is 10.3 Å². The third-order valence-corrected chi connectivity index (χ3v) is 3.57. The van der Waals surface area contributed by atoms with E-state index in [1.807, 2.05) is 13.8 Å². The number of nitrogens with zero attached hydrogens (tertiary/aromatic N) is 2. The van der Waals surface area contributed by atoms with Gasteiger partial charge in [-0.1, -0.05) is 43.3 Å². The van der Waals surface area contributed by atoms with Gasteiger partial charge in [-0.3, -0.25) is 0 Å². The van der Waals surface area contributed by atoms with Crippen molar-refractivity contribution < 1.29 is 4.52 Å². The molecule has 1 fully saturated rings. The molecule has 4 heteroatoms. The van der Waals surface area contributed by atoms with Crippen LogP contribution in [0.25, 0.3) is 0 Å². The Kier molecular flexibility index (Phi) is 3.11. The lowest BCUT2D eigenvalue weighted by Crippen LogP contribution is -2.13. The molecule has 0 spiro atoms. The van der Waals surface area contributed by atoms with E-state index in [1.54, 1.807) is 0 Å². The smallest absolute Gasteiger partial charge is 0.229 e. The van der Waals surface area contributed by atoms with Crippen molar-refractivity contribution in [3.63, 3.8) is 0 Å². The zero-order valence-electron chi connectivity index (χ0n) is 11.3. The van der Waals surface area contributed by atoms with E-state index in [1.165, 1.54) is 18.4 Å². The van der Waals surface area contributed by atoms with E-state index in [9.17, 15) is 0 Å². The first-order valence-corrected chi connectivity index (χ1v) is 6.84. The van der Waals surface area contributed by atoms with E-state index in [2.05, 4.69) is 34.4 Å². The van der Waals surface area contributed by atoms with Crippen molar-refractivity contribution in [3.05, 3.63) is 47.1 Å². The second kappa shape index (κ2) is 4.78. The van der Waals surface area contributed by atoms with Gasteiger partial charge in [0.2, 0.25) is 5.89 Å². The second-order valence-electron chi connectivity index (χ2n) is 5.56. The second-order valence-corrected chi connectivity index (χ2v) is 5.56. The highest BCUT2D eigenvalue weighted by Gasteiger charge is 2.24. The maximum absolute atomic E-state index is 6.19. The number of nitrogens with two attached hydrogens (primary N) is 1. The molecular weight excluding hydrogens is 238 g/mol. The Morgan fingerprint density at radius 2 is 1.89 bits per heavy atom. The molecule has 100 valence electrons. The fourth-order valence-corrected chi connectivity index (χ4v) is 2.15. The van der Waals surface area contributed by atoms with Gasteiger partial charge in [-0.05, 0) is 29.9 Å². The Morgan fingerprint density at radius 1 is 1.21 bits per heavy atom. The van der Waals surface area contributed by atoms with Crippen molar-refractivity contribution in [2.45, 2.75) is 44.6 Å². The Hall–Kier alpha value is -1.68. The van der Waals surface area contributed by atoms with Crippen LogP contribution in [0.4, 0.5) is 0 Å². The predicted molar refractivity (Wildman–Crippen MR) is 72.8 cm³/mol. The number of aromatic nitrogens is 2. The van der Waals surface area contributed by atoms with Gasteiger partial charge in [-0.25, -0.2) is 0 Å². The lowest BCUT2D eigenvalue weighted by atomic mass is 10.0. The van der Waals surface area contributed by atoms with E-state index in [-0.39, 0.29) is 12.0 Å². The lowest BCUT2D eigenvalue weighted by Gasteiger charge is -2.08. The van der Waals surface area contributed by atoms with Crippen LogP contribution in [-0.2, 0) is 0 Å². The predicted octanol–water partition coefficient (Wildman–Crippen LogP) is 3.12. The molecule has 1 aromatic carbocycles. The highest BCUT2D eigenvalue weighted by Crippen LogP contribution is 2.40. The highest BCUT2D eigenvalue weighted by molar-refractivity contribution is 5.31. The molecule has 2 aromatic rings. The maximum Gasteiger partial charge on any atom is 0.229 e. The van der Waals surface area contributed by atoms with Crippen LogP contribution in [-0.4, -0.2) is 10.1 Å². The molecule has 1 aromatic heterocycles. The van der Waals surface area contributed by atoms with Crippen LogP contribution >= 0.6 is 0 Å². The average molecular weight is 257 g/mol. The van der Waals surface area contributed by atoms with E-state index in [0.29, 0.717) is 11.7 Å². The maximum atomic E-state index is 6.19. The molecule has 1 saturated carbocycles. The first-order chi connectivity index (χ1) is 9.15. The zero-order valence-corrected chi connectivity index (χ0v) is 11.3. The Bertz CT molecular complexity index is 555. The van der Waals surface area contributed by atoms with Crippen LogP contribution in [0.3, 0.4) is 0 Å². The average Bonchev–Trinajstić information content (AvgIpc) is 3.14. The topological polar surface area (TPSA) is 64.9 Å². The Balaban J connectivity index is 1.79. The first kappa shape index (κ1) is 12.4. The molecule has 1 heterocycles. The summed E-state index contributed by atoms with van der Waals surface area (Å²) in [5.74, 6) is 2.19. The Morgan fingerprint density at radius 3 is 2.42 bits per heavy atom. The van der Waals surface area contributed by atoms with Gasteiger partial charge in [0.25, 0.3) is 0 Å². The van der Waals surface area contributed by atoms with E-state index in [4.69, 9.17) is 10.3 Å². The molecule has 19 heavy (non-hydrogen) atoms. The number of rotatable bonds is 4. The molecule has 0 amide bonds.